The molecule has 0 aliphatic heterocycles. The predicted molar refractivity (Wildman–Crippen MR) is 92.7 cm³/mol. The van der Waals surface area contributed by atoms with Crippen LogP contribution < -0.4 is 5.32 Å². The van der Waals surface area contributed by atoms with Gasteiger partial charge >= 0.3 is 0 Å². The van der Waals surface area contributed by atoms with E-state index < -0.39 is 0 Å². The Labute approximate surface area is 133 Å². The largest absolute Gasteiger partial charge is 0.458 e. The minimum absolute atomic E-state index is 0.0918. The Kier molecular flexibility index (Phi) is 3.58. The fourth-order valence-electron chi connectivity index (χ4n) is 2.96. The number of nitrogens with one attached hydrogen (secondary N) is 1. The second kappa shape index (κ2) is 5.15. The van der Waals surface area contributed by atoms with Gasteiger partial charge in [0.1, 0.15) is 11.3 Å². The van der Waals surface area contributed by atoms with Crippen molar-refractivity contribution in [3.8, 4) is 0 Å². The molecule has 1 unspecified atom stereocenters. The van der Waals surface area contributed by atoms with Crippen molar-refractivity contribution in [3.63, 3.8) is 0 Å². The Morgan fingerprint density at radius 3 is 2.48 bits per heavy atom. The van der Waals surface area contributed by atoms with Crippen LogP contribution >= 0.6 is 15.9 Å². The van der Waals surface area contributed by atoms with Crippen LogP contribution in [-0.2, 0) is 0 Å². The summed E-state index contributed by atoms with van der Waals surface area (Å²) in [5.41, 5.74) is 1.02. The van der Waals surface area contributed by atoms with Crippen molar-refractivity contribution in [3.05, 3.63) is 46.6 Å². The molecule has 2 nitrogen and oxygen atoms in total. The van der Waals surface area contributed by atoms with Gasteiger partial charge in [0, 0.05) is 5.39 Å². The fourth-order valence-corrected chi connectivity index (χ4v) is 3.63. The Balaban J connectivity index is 2.25. The first-order valence-corrected chi connectivity index (χ1v) is 7.99. The highest BCUT2D eigenvalue weighted by Crippen LogP contribution is 2.39. The van der Waals surface area contributed by atoms with E-state index in [9.17, 15) is 0 Å². The smallest absolute Gasteiger partial charge is 0.149 e. The maximum atomic E-state index is 6.18. The molecule has 1 heterocycles. The van der Waals surface area contributed by atoms with Gasteiger partial charge in [-0.1, -0.05) is 45.0 Å². The first kappa shape index (κ1) is 14.6. The van der Waals surface area contributed by atoms with E-state index in [2.05, 4.69) is 72.3 Å². The number of benzene rings is 2. The third-order valence-electron chi connectivity index (χ3n) is 3.93. The highest BCUT2D eigenvalue weighted by atomic mass is 79.9. The molecule has 3 heteroatoms. The van der Waals surface area contributed by atoms with Crippen LogP contribution in [0.15, 0.2) is 45.3 Å². The van der Waals surface area contributed by atoms with E-state index >= 15 is 0 Å². The van der Waals surface area contributed by atoms with E-state index in [0.29, 0.717) is 0 Å². The van der Waals surface area contributed by atoms with E-state index in [1.54, 1.807) is 0 Å². The molecule has 0 saturated heterocycles. The van der Waals surface area contributed by atoms with Gasteiger partial charge in [0.05, 0.1) is 10.5 Å². The number of rotatable bonds is 2. The molecule has 21 heavy (non-hydrogen) atoms. The highest BCUT2D eigenvalue weighted by molar-refractivity contribution is 9.10. The Morgan fingerprint density at radius 1 is 1.10 bits per heavy atom. The molecule has 0 radical (unpaired) electrons. The molecule has 0 saturated carbocycles. The van der Waals surface area contributed by atoms with Crippen molar-refractivity contribution in [1.82, 2.24) is 5.32 Å². The zero-order chi connectivity index (χ0) is 15.2. The summed E-state index contributed by atoms with van der Waals surface area (Å²) >= 11 is 3.70. The van der Waals surface area contributed by atoms with Crippen molar-refractivity contribution < 1.29 is 4.42 Å². The summed E-state index contributed by atoms with van der Waals surface area (Å²) in [6, 6.07) is 12.9. The molecule has 1 atom stereocenters. The Bertz CT molecular complexity index is 798. The summed E-state index contributed by atoms with van der Waals surface area (Å²) in [4.78, 5) is 0. The fraction of sp³-hybridized carbons (Fsp3) is 0.333. The van der Waals surface area contributed by atoms with Crippen LogP contribution in [0.3, 0.4) is 0 Å². The molecule has 2 aromatic carbocycles. The number of fused-ring (bicyclic) bond motifs is 2. The average Bonchev–Trinajstić information content (AvgIpc) is 2.82. The first-order valence-electron chi connectivity index (χ1n) is 7.20. The number of hydrogen-bond donors (Lipinski definition) is 1. The third kappa shape index (κ3) is 2.49. The lowest BCUT2D eigenvalue weighted by atomic mass is 9.85. The van der Waals surface area contributed by atoms with Gasteiger partial charge in [-0.3, -0.25) is 0 Å². The van der Waals surface area contributed by atoms with Gasteiger partial charge in [-0.15, -0.1) is 0 Å². The minimum Gasteiger partial charge on any atom is -0.458 e. The van der Waals surface area contributed by atoms with Gasteiger partial charge in [-0.05, 0) is 51.3 Å². The zero-order valence-electron chi connectivity index (χ0n) is 12.8. The van der Waals surface area contributed by atoms with Crippen LogP contribution in [0.4, 0.5) is 0 Å². The van der Waals surface area contributed by atoms with Crippen molar-refractivity contribution in [2.45, 2.75) is 26.8 Å². The second-order valence-electron chi connectivity index (χ2n) is 6.57. The first-order chi connectivity index (χ1) is 9.91. The lowest BCUT2D eigenvalue weighted by Gasteiger charge is -2.28. The van der Waals surface area contributed by atoms with E-state index in [1.807, 2.05) is 13.1 Å². The van der Waals surface area contributed by atoms with Gasteiger partial charge < -0.3 is 9.73 Å². The second-order valence-corrected chi connectivity index (χ2v) is 7.36. The summed E-state index contributed by atoms with van der Waals surface area (Å²) in [6.07, 6.45) is 0. The summed E-state index contributed by atoms with van der Waals surface area (Å²) in [5.74, 6) is 0.982. The van der Waals surface area contributed by atoms with Crippen molar-refractivity contribution in [2.24, 2.45) is 5.41 Å². The summed E-state index contributed by atoms with van der Waals surface area (Å²) < 4.78 is 7.21. The molecule has 1 aromatic heterocycles. The van der Waals surface area contributed by atoms with Crippen LogP contribution in [0.2, 0.25) is 0 Å². The lowest BCUT2D eigenvalue weighted by Crippen LogP contribution is -2.29. The topological polar surface area (TPSA) is 25.2 Å². The molecule has 3 rings (SSSR count). The maximum absolute atomic E-state index is 6.18. The molecule has 0 aliphatic rings. The van der Waals surface area contributed by atoms with Crippen molar-refractivity contribution >= 4 is 37.7 Å². The average molecular weight is 346 g/mol. The number of halogens is 1. The molecule has 0 fully saturated rings. The molecule has 1 N–H and O–H groups in total. The lowest BCUT2D eigenvalue weighted by molar-refractivity contribution is 0.253. The molecule has 3 aromatic rings. The molecule has 0 spiro atoms. The van der Waals surface area contributed by atoms with E-state index in [4.69, 9.17) is 4.42 Å². The van der Waals surface area contributed by atoms with Gasteiger partial charge in [0.2, 0.25) is 0 Å². The molecule has 0 bridgehead atoms. The van der Waals surface area contributed by atoms with E-state index in [0.717, 1.165) is 21.2 Å². The SMILES string of the molecule is CNC(c1cc2cc3ccccc3c(Br)c2o1)C(C)(C)C. The predicted octanol–water partition coefficient (Wildman–Crippen LogP) is 5.66. The van der Waals surface area contributed by atoms with E-state index in [-0.39, 0.29) is 11.5 Å². The van der Waals surface area contributed by atoms with Gasteiger partial charge in [0.15, 0.2) is 0 Å². The third-order valence-corrected chi connectivity index (χ3v) is 4.71. The number of hydrogen-bond acceptors (Lipinski definition) is 2. The van der Waals surface area contributed by atoms with Crippen molar-refractivity contribution in [1.29, 1.82) is 0 Å². The normalized spacial score (nSPS) is 14.0. The molecule has 110 valence electrons. The van der Waals surface area contributed by atoms with Gasteiger partial charge in [-0.25, -0.2) is 0 Å². The van der Waals surface area contributed by atoms with Crippen LogP contribution in [0.25, 0.3) is 21.7 Å². The van der Waals surface area contributed by atoms with E-state index in [1.165, 1.54) is 10.8 Å². The highest BCUT2D eigenvalue weighted by Gasteiger charge is 2.28. The zero-order valence-corrected chi connectivity index (χ0v) is 14.4. The summed E-state index contributed by atoms with van der Waals surface area (Å²) in [6.45, 7) is 6.65. The Morgan fingerprint density at radius 2 is 1.81 bits per heavy atom. The summed E-state index contributed by atoms with van der Waals surface area (Å²) in [5, 5.41) is 6.92. The van der Waals surface area contributed by atoms with Gasteiger partial charge in [0.25, 0.3) is 0 Å². The standard InChI is InChI=1S/C18H20BrNO/c1-18(2,3)17(20-4)14-10-12-9-11-7-5-6-8-13(11)15(19)16(12)21-14/h5-10,17,20H,1-4H3. The maximum Gasteiger partial charge on any atom is 0.149 e. The van der Waals surface area contributed by atoms with Crippen LogP contribution in [-0.4, -0.2) is 7.05 Å². The molecule has 0 amide bonds. The van der Waals surface area contributed by atoms with Crippen LogP contribution in [0.1, 0.15) is 32.6 Å². The molecule has 0 aliphatic carbocycles. The number of furan rings is 1. The van der Waals surface area contributed by atoms with Crippen LogP contribution in [0.5, 0.6) is 0 Å². The van der Waals surface area contributed by atoms with Crippen LogP contribution in [0, 0.1) is 5.41 Å². The monoisotopic (exact) mass is 345 g/mol. The quantitative estimate of drug-likeness (QED) is 0.648. The minimum atomic E-state index is 0.0918. The molecular formula is C18H20BrNO. The Hall–Kier alpha value is -1.32. The summed E-state index contributed by atoms with van der Waals surface area (Å²) in [7, 11) is 1.98. The molecular weight excluding hydrogens is 326 g/mol. The van der Waals surface area contributed by atoms with Crippen molar-refractivity contribution in [2.75, 3.05) is 7.05 Å². The van der Waals surface area contributed by atoms with Gasteiger partial charge in [-0.2, -0.15) is 0 Å².